The number of benzene rings is 1. The summed E-state index contributed by atoms with van der Waals surface area (Å²) in [4.78, 5) is 10.4. The summed E-state index contributed by atoms with van der Waals surface area (Å²) in [6.45, 7) is 3.82. The molecular formula is C11H12O3. The zero-order chi connectivity index (χ0) is 10.7. The third-order valence-electron chi connectivity index (χ3n) is 1.94. The lowest BCUT2D eigenvalue weighted by molar-refractivity contribution is -0.135. The van der Waals surface area contributed by atoms with E-state index >= 15 is 0 Å². The molecule has 14 heavy (non-hydrogen) atoms. The molecule has 0 radical (unpaired) electrons. The second-order valence-electron chi connectivity index (χ2n) is 3.19. The van der Waals surface area contributed by atoms with Crippen molar-refractivity contribution < 1.29 is 15.0 Å². The van der Waals surface area contributed by atoms with Gasteiger partial charge in [-0.1, -0.05) is 23.8 Å². The summed E-state index contributed by atoms with van der Waals surface area (Å²) in [7, 11) is 0. The first-order valence-corrected chi connectivity index (χ1v) is 4.22. The lowest BCUT2D eigenvalue weighted by atomic mass is 10.1. The molecule has 0 aliphatic carbocycles. The van der Waals surface area contributed by atoms with Crippen LogP contribution >= 0.6 is 0 Å². The maximum atomic E-state index is 10.4. The Labute approximate surface area is 82.3 Å². The van der Waals surface area contributed by atoms with Crippen molar-refractivity contribution in [2.24, 2.45) is 0 Å². The molecule has 0 amide bonds. The fourth-order valence-electron chi connectivity index (χ4n) is 1.20. The maximum Gasteiger partial charge on any atom is 0.370 e. The van der Waals surface area contributed by atoms with Crippen molar-refractivity contribution in [2.75, 3.05) is 0 Å². The number of hydrogen-bond acceptors (Lipinski definition) is 2. The molecule has 0 aliphatic heterocycles. The van der Waals surface area contributed by atoms with Crippen LogP contribution in [0.25, 0.3) is 6.08 Å². The van der Waals surface area contributed by atoms with E-state index in [1.165, 1.54) is 6.08 Å². The summed E-state index contributed by atoms with van der Waals surface area (Å²) in [6, 6.07) is 5.58. The van der Waals surface area contributed by atoms with E-state index in [0.717, 1.165) is 16.7 Å². The van der Waals surface area contributed by atoms with E-state index in [9.17, 15) is 4.79 Å². The number of rotatable bonds is 2. The third kappa shape index (κ3) is 2.36. The number of hydrogen-bond donors (Lipinski definition) is 2. The van der Waals surface area contributed by atoms with Crippen molar-refractivity contribution >= 4 is 12.0 Å². The molecule has 3 nitrogen and oxygen atoms in total. The molecule has 0 atom stereocenters. The zero-order valence-electron chi connectivity index (χ0n) is 8.11. The standard InChI is InChI=1S/C11H12O3/c1-7-3-4-9(8(2)5-7)6-10(12)11(13)14/h3-6,12H,1-2H3,(H,13,14). The van der Waals surface area contributed by atoms with Crippen LogP contribution in [0.2, 0.25) is 0 Å². The molecule has 1 aromatic carbocycles. The Balaban J connectivity index is 3.09. The Morgan fingerprint density at radius 1 is 1.29 bits per heavy atom. The lowest BCUT2D eigenvalue weighted by Crippen LogP contribution is -1.98. The van der Waals surface area contributed by atoms with Gasteiger partial charge in [0.15, 0.2) is 0 Å². The highest BCUT2D eigenvalue weighted by molar-refractivity contribution is 5.89. The van der Waals surface area contributed by atoms with Gasteiger partial charge >= 0.3 is 5.97 Å². The summed E-state index contributed by atoms with van der Waals surface area (Å²) in [5.74, 6) is -1.96. The highest BCUT2D eigenvalue weighted by atomic mass is 16.4. The number of aliphatic carboxylic acids is 1. The van der Waals surface area contributed by atoms with Gasteiger partial charge in [0.1, 0.15) is 0 Å². The maximum absolute atomic E-state index is 10.4. The Bertz CT molecular complexity index is 392. The fraction of sp³-hybridized carbons (Fsp3) is 0.182. The van der Waals surface area contributed by atoms with Crippen molar-refractivity contribution in [3.8, 4) is 0 Å². The molecule has 1 aromatic rings. The van der Waals surface area contributed by atoms with Crippen LogP contribution in [-0.4, -0.2) is 16.2 Å². The zero-order valence-corrected chi connectivity index (χ0v) is 8.11. The SMILES string of the molecule is Cc1ccc(C=C(O)C(=O)O)c(C)c1. The largest absolute Gasteiger partial charge is 0.502 e. The van der Waals surface area contributed by atoms with Crippen LogP contribution in [0.15, 0.2) is 24.0 Å². The molecular weight excluding hydrogens is 180 g/mol. The number of carbonyl (C=O) groups is 1. The minimum atomic E-state index is -1.31. The van der Waals surface area contributed by atoms with E-state index in [2.05, 4.69) is 0 Å². The fourth-order valence-corrected chi connectivity index (χ4v) is 1.20. The second kappa shape index (κ2) is 3.96. The van der Waals surface area contributed by atoms with Crippen LogP contribution in [0.4, 0.5) is 0 Å². The first-order chi connectivity index (χ1) is 6.50. The highest BCUT2D eigenvalue weighted by Crippen LogP contribution is 2.13. The van der Waals surface area contributed by atoms with Gasteiger partial charge in [0.2, 0.25) is 5.76 Å². The van der Waals surface area contributed by atoms with Gasteiger partial charge in [0, 0.05) is 0 Å². The van der Waals surface area contributed by atoms with Crippen LogP contribution in [0.3, 0.4) is 0 Å². The van der Waals surface area contributed by atoms with Crippen LogP contribution in [0.1, 0.15) is 16.7 Å². The molecule has 0 aliphatic rings. The Hall–Kier alpha value is -1.77. The molecule has 0 heterocycles. The van der Waals surface area contributed by atoms with Crippen molar-refractivity contribution in [1.82, 2.24) is 0 Å². The quantitative estimate of drug-likeness (QED) is 0.558. The predicted molar refractivity (Wildman–Crippen MR) is 54.2 cm³/mol. The molecule has 74 valence electrons. The first-order valence-electron chi connectivity index (χ1n) is 4.22. The van der Waals surface area contributed by atoms with Gasteiger partial charge in [-0.05, 0) is 31.1 Å². The summed E-state index contributed by atoms with van der Waals surface area (Å²) in [5, 5.41) is 17.5. The van der Waals surface area contributed by atoms with E-state index < -0.39 is 11.7 Å². The summed E-state index contributed by atoms with van der Waals surface area (Å²) < 4.78 is 0. The number of carboxylic acid groups (broad SMARTS) is 1. The minimum Gasteiger partial charge on any atom is -0.502 e. The van der Waals surface area contributed by atoms with Crippen molar-refractivity contribution in [3.63, 3.8) is 0 Å². The van der Waals surface area contributed by atoms with Gasteiger partial charge in [0.05, 0.1) is 0 Å². The number of aliphatic hydroxyl groups is 1. The average Bonchev–Trinajstić information content (AvgIpc) is 2.09. The highest BCUT2D eigenvalue weighted by Gasteiger charge is 2.04. The topological polar surface area (TPSA) is 57.5 Å². The van der Waals surface area contributed by atoms with Crippen LogP contribution < -0.4 is 0 Å². The summed E-state index contributed by atoms with van der Waals surface area (Å²) in [5.41, 5.74) is 2.77. The molecule has 0 bridgehead atoms. The normalized spacial score (nSPS) is 11.4. The Kier molecular flexibility index (Phi) is 2.92. The van der Waals surface area contributed by atoms with Gasteiger partial charge in [-0.15, -0.1) is 0 Å². The van der Waals surface area contributed by atoms with Gasteiger partial charge in [-0.3, -0.25) is 0 Å². The molecule has 0 aromatic heterocycles. The third-order valence-corrected chi connectivity index (χ3v) is 1.94. The smallest absolute Gasteiger partial charge is 0.370 e. The van der Waals surface area contributed by atoms with E-state index in [-0.39, 0.29) is 0 Å². The van der Waals surface area contributed by atoms with E-state index in [4.69, 9.17) is 10.2 Å². The van der Waals surface area contributed by atoms with Gasteiger partial charge in [-0.2, -0.15) is 0 Å². The van der Waals surface area contributed by atoms with Crippen LogP contribution in [0.5, 0.6) is 0 Å². The summed E-state index contributed by atoms with van der Waals surface area (Å²) in [6.07, 6.45) is 1.25. The summed E-state index contributed by atoms with van der Waals surface area (Å²) >= 11 is 0. The number of aliphatic hydroxyl groups excluding tert-OH is 1. The lowest BCUT2D eigenvalue weighted by Gasteiger charge is -2.01. The number of carboxylic acids is 1. The van der Waals surface area contributed by atoms with Crippen LogP contribution in [0, 0.1) is 13.8 Å². The van der Waals surface area contributed by atoms with Gasteiger partial charge < -0.3 is 10.2 Å². The molecule has 0 unspecified atom stereocenters. The minimum absolute atomic E-state index is 0.642. The molecule has 1 rings (SSSR count). The molecule has 0 fully saturated rings. The van der Waals surface area contributed by atoms with E-state index in [1.807, 2.05) is 26.0 Å². The molecule has 0 spiro atoms. The predicted octanol–water partition coefficient (Wildman–Crippen LogP) is 2.29. The van der Waals surface area contributed by atoms with Gasteiger partial charge in [0.25, 0.3) is 0 Å². The van der Waals surface area contributed by atoms with Crippen molar-refractivity contribution in [1.29, 1.82) is 0 Å². The van der Waals surface area contributed by atoms with E-state index in [0.29, 0.717) is 0 Å². The molecule has 3 heteroatoms. The Morgan fingerprint density at radius 2 is 1.93 bits per heavy atom. The van der Waals surface area contributed by atoms with Crippen molar-refractivity contribution in [2.45, 2.75) is 13.8 Å². The first kappa shape index (κ1) is 10.3. The van der Waals surface area contributed by atoms with E-state index in [1.54, 1.807) is 6.07 Å². The monoisotopic (exact) mass is 192 g/mol. The molecule has 0 saturated carbocycles. The van der Waals surface area contributed by atoms with Gasteiger partial charge in [-0.25, -0.2) is 4.79 Å². The van der Waals surface area contributed by atoms with Crippen LogP contribution in [-0.2, 0) is 4.79 Å². The molecule has 2 N–H and O–H groups in total. The second-order valence-corrected chi connectivity index (χ2v) is 3.19. The van der Waals surface area contributed by atoms with Crippen molar-refractivity contribution in [3.05, 3.63) is 40.6 Å². The Morgan fingerprint density at radius 3 is 2.43 bits per heavy atom. The average molecular weight is 192 g/mol. The number of aryl methyl sites for hydroxylation is 2. The molecule has 0 saturated heterocycles.